The molecule has 2 aromatic carbocycles. The minimum absolute atomic E-state index is 0.620. The van der Waals surface area contributed by atoms with Gasteiger partial charge in [0.1, 0.15) is 13.2 Å². The van der Waals surface area contributed by atoms with Gasteiger partial charge in [0.05, 0.1) is 0 Å². The molecule has 20 heavy (non-hydrogen) atoms. The van der Waals surface area contributed by atoms with E-state index in [-0.39, 0.29) is 0 Å². The van der Waals surface area contributed by atoms with Crippen LogP contribution in [-0.4, -0.2) is 13.2 Å². The third kappa shape index (κ3) is 2.90. The zero-order valence-corrected chi connectivity index (χ0v) is 12.9. The second-order valence-corrected chi connectivity index (χ2v) is 5.71. The molecule has 104 valence electrons. The molecule has 2 aromatic rings. The van der Waals surface area contributed by atoms with Gasteiger partial charge < -0.3 is 14.8 Å². The number of hydrogen-bond donors (Lipinski definition) is 1. The van der Waals surface area contributed by atoms with Gasteiger partial charge in [0.15, 0.2) is 11.5 Å². The van der Waals surface area contributed by atoms with Gasteiger partial charge in [-0.3, -0.25) is 0 Å². The van der Waals surface area contributed by atoms with Crippen LogP contribution < -0.4 is 14.8 Å². The first-order chi connectivity index (χ1) is 9.72. The fraction of sp³-hybridized carbons (Fsp3) is 0.250. The highest BCUT2D eigenvalue weighted by Crippen LogP contribution is 2.31. The summed E-state index contributed by atoms with van der Waals surface area (Å²) >= 11 is 3.50. The Balaban J connectivity index is 1.73. The Morgan fingerprint density at radius 3 is 2.70 bits per heavy atom. The molecule has 0 saturated heterocycles. The highest BCUT2D eigenvalue weighted by atomic mass is 79.9. The molecular formula is C16H16BrNO2. The third-order valence-electron chi connectivity index (χ3n) is 3.29. The first-order valence-corrected chi connectivity index (χ1v) is 7.40. The van der Waals surface area contributed by atoms with E-state index in [1.54, 1.807) is 0 Å². The van der Waals surface area contributed by atoms with E-state index >= 15 is 0 Å². The molecule has 1 aliphatic heterocycles. The number of fused-ring (bicyclic) bond motifs is 1. The van der Waals surface area contributed by atoms with Crippen molar-refractivity contribution in [3.05, 3.63) is 52.0 Å². The second-order valence-electron chi connectivity index (χ2n) is 4.79. The van der Waals surface area contributed by atoms with Crippen LogP contribution in [0.4, 0.5) is 5.69 Å². The van der Waals surface area contributed by atoms with Crippen molar-refractivity contribution in [3.8, 4) is 11.5 Å². The molecule has 0 bridgehead atoms. The summed E-state index contributed by atoms with van der Waals surface area (Å²) in [5.74, 6) is 1.67. The van der Waals surface area contributed by atoms with Gasteiger partial charge in [-0.05, 0) is 42.3 Å². The number of aryl methyl sites for hydroxylation is 1. The molecule has 4 heteroatoms. The van der Waals surface area contributed by atoms with Crippen molar-refractivity contribution in [2.45, 2.75) is 13.5 Å². The zero-order chi connectivity index (χ0) is 13.9. The van der Waals surface area contributed by atoms with E-state index in [9.17, 15) is 0 Å². The molecule has 0 amide bonds. The molecule has 1 N–H and O–H groups in total. The van der Waals surface area contributed by atoms with Gasteiger partial charge in [0.2, 0.25) is 0 Å². The van der Waals surface area contributed by atoms with Crippen LogP contribution in [0.3, 0.4) is 0 Å². The Bertz CT molecular complexity index is 628. The van der Waals surface area contributed by atoms with Crippen LogP contribution in [0.15, 0.2) is 40.9 Å². The monoisotopic (exact) mass is 333 g/mol. The summed E-state index contributed by atoms with van der Waals surface area (Å²) in [4.78, 5) is 0. The highest BCUT2D eigenvalue weighted by Gasteiger charge is 2.11. The fourth-order valence-corrected chi connectivity index (χ4v) is 2.54. The molecule has 0 fully saturated rings. The normalized spacial score (nSPS) is 13.1. The van der Waals surface area contributed by atoms with Crippen LogP contribution in [0.2, 0.25) is 0 Å². The van der Waals surface area contributed by atoms with Crippen molar-refractivity contribution < 1.29 is 9.47 Å². The number of anilines is 1. The lowest BCUT2D eigenvalue weighted by Crippen LogP contribution is -2.15. The predicted octanol–water partition coefficient (Wildman–Crippen LogP) is 4.14. The minimum Gasteiger partial charge on any atom is -0.486 e. The molecule has 0 saturated carbocycles. The van der Waals surface area contributed by atoms with Crippen molar-refractivity contribution in [3.63, 3.8) is 0 Å². The standard InChI is InChI=1S/C16H16BrNO2/c1-11-2-4-13(17)9-14(11)18-10-12-3-5-15-16(8-12)20-7-6-19-15/h2-5,8-9,18H,6-7,10H2,1H3. The maximum absolute atomic E-state index is 5.60. The van der Waals surface area contributed by atoms with Gasteiger partial charge in [-0.25, -0.2) is 0 Å². The smallest absolute Gasteiger partial charge is 0.161 e. The number of ether oxygens (including phenoxy) is 2. The van der Waals surface area contributed by atoms with Crippen LogP contribution in [0, 0.1) is 6.92 Å². The SMILES string of the molecule is Cc1ccc(Br)cc1NCc1ccc2c(c1)OCCO2. The molecule has 0 unspecified atom stereocenters. The van der Waals surface area contributed by atoms with Gasteiger partial charge >= 0.3 is 0 Å². The molecule has 0 radical (unpaired) electrons. The third-order valence-corrected chi connectivity index (χ3v) is 3.78. The van der Waals surface area contributed by atoms with Gasteiger partial charge in [0, 0.05) is 16.7 Å². The number of hydrogen-bond acceptors (Lipinski definition) is 3. The van der Waals surface area contributed by atoms with Gasteiger partial charge in [-0.2, -0.15) is 0 Å². The summed E-state index contributed by atoms with van der Waals surface area (Å²) in [7, 11) is 0. The van der Waals surface area contributed by atoms with E-state index in [4.69, 9.17) is 9.47 Å². The first kappa shape index (κ1) is 13.3. The average Bonchev–Trinajstić information content (AvgIpc) is 2.48. The van der Waals surface area contributed by atoms with Crippen molar-refractivity contribution in [2.24, 2.45) is 0 Å². The Morgan fingerprint density at radius 2 is 1.85 bits per heavy atom. The predicted molar refractivity (Wildman–Crippen MR) is 83.6 cm³/mol. The maximum Gasteiger partial charge on any atom is 0.161 e. The second kappa shape index (κ2) is 5.75. The lowest BCUT2D eigenvalue weighted by atomic mass is 10.1. The van der Waals surface area contributed by atoms with Crippen molar-refractivity contribution >= 4 is 21.6 Å². The largest absolute Gasteiger partial charge is 0.486 e. The van der Waals surface area contributed by atoms with Crippen molar-refractivity contribution in [2.75, 3.05) is 18.5 Å². The molecule has 1 heterocycles. The van der Waals surface area contributed by atoms with Gasteiger partial charge in [-0.15, -0.1) is 0 Å². The molecule has 3 nitrogen and oxygen atoms in total. The Morgan fingerprint density at radius 1 is 1.05 bits per heavy atom. The maximum atomic E-state index is 5.60. The van der Waals surface area contributed by atoms with Crippen LogP contribution in [0.1, 0.15) is 11.1 Å². The van der Waals surface area contributed by atoms with Crippen LogP contribution in [0.5, 0.6) is 11.5 Å². The minimum atomic E-state index is 0.620. The fourth-order valence-electron chi connectivity index (χ4n) is 2.18. The highest BCUT2D eigenvalue weighted by molar-refractivity contribution is 9.10. The molecule has 1 aliphatic rings. The van der Waals surface area contributed by atoms with Crippen molar-refractivity contribution in [1.82, 2.24) is 0 Å². The Kier molecular flexibility index (Phi) is 3.83. The number of rotatable bonds is 3. The molecule has 0 atom stereocenters. The molecular weight excluding hydrogens is 318 g/mol. The van der Waals surface area contributed by atoms with E-state index in [0.717, 1.165) is 28.2 Å². The lowest BCUT2D eigenvalue weighted by molar-refractivity contribution is 0.171. The lowest BCUT2D eigenvalue weighted by Gasteiger charge is -2.19. The van der Waals surface area contributed by atoms with E-state index in [0.29, 0.717) is 13.2 Å². The zero-order valence-electron chi connectivity index (χ0n) is 11.3. The summed E-state index contributed by atoms with van der Waals surface area (Å²) in [6.07, 6.45) is 0. The van der Waals surface area contributed by atoms with Crippen LogP contribution in [-0.2, 0) is 6.54 Å². The first-order valence-electron chi connectivity index (χ1n) is 6.61. The van der Waals surface area contributed by atoms with Crippen LogP contribution in [0.25, 0.3) is 0 Å². The summed E-state index contributed by atoms with van der Waals surface area (Å²) in [5, 5.41) is 3.45. The number of benzene rings is 2. The van der Waals surface area contributed by atoms with Crippen molar-refractivity contribution in [1.29, 1.82) is 0 Å². The van der Waals surface area contributed by atoms with E-state index in [2.05, 4.69) is 46.4 Å². The van der Waals surface area contributed by atoms with Gasteiger partial charge in [0.25, 0.3) is 0 Å². The van der Waals surface area contributed by atoms with Crippen LogP contribution >= 0.6 is 15.9 Å². The van der Waals surface area contributed by atoms with E-state index in [1.807, 2.05) is 18.2 Å². The summed E-state index contributed by atoms with van der Waals surface area (Å²) in [6, 6.07) is 12.3. The van der Waals surface area contributed by atoms with E-state index in [1.165, 1.54) is 11.1 Å². The number of nitrogens with one attached hydrogen (secondary N) is 1. The molecule has 0 aromatic heterocycles. The Hall–Kier alpha value is -1.68. The molecule has 0 spiro atoms. The summed E-state index contributed by atoms with van der Waals surface area (Å²) < 4.78 is 12.2. The molecule has 0 aliphatic carbocycles. The van der Waals surface area contributed by atoms with Gasteiger partial charge in [-0.1, -0.05) is 28.1 Å². The average molecular weight is 334 g/mol. The summed E-state index contributed by atoms with van der Waals surface area (Å²) in [6.45, 7) is 4.10. The Labute approximate surface area is 127 Å². The quantitative estimate of drug-likeness (QED) is 0.915. The number of halogens is 1. The van der Waals surface area contributed by atoms with E-state index < -0.39 is 0 Å². The topological polar surface area (TPSA) is 30.5 Å². The molecule has 3 rings (SSSR count). The summed E-state index contributed by atoms with van der Waals surface area (Å²) in [5.41, 5.74) is 3.54.